The summed E-state index contributed by atoms with van der Waals surface area (Å²) in [5, 5.41) is 6.27. The molecule has 0 aliphatic heterocycles. The van der Waals surface area contributed by atoms with Gasteiger partial charge in [-0.05, 0) is 12.3 Å². The van der Waals surface area contributed by atoms with E-state index < -0.39 is 0 Å². The fraction of sp³-hybridized carbons (Fsp3) is 0.750. The van der Waals surface area contributed by atoms with Gasteiger partial charge in [0.05, 0.1) is 13.7 Å². The van der Waals surface area contributed by atoms with Crippen LogP contribution in [0.15, 0.2) is 0 Å². The van der Waals surface area contributed by atoms with Crippen LogP contribution in [0.4, 0.5) is 11.9 Å². The average molecular weight is 269 g/mol. The molecule has 0 aromatic carbocycles. The fourth-order valence-corrected chi connectivity index (χ4v) is 1.45. The molecule has 1 aromatic rings. The number of aromatic nitrogens is 3. The van der Waals surface area contributed by atoms with Crippen molar-refractivity contribution in [1.82, 2.24) is 15.0 Å². The maximum absolute atomic E-state index is 5.08. The van der Waals surface area contributed by atoms with E-state index in [9.17, 15) is 0 Å². The van der Waals surface area contributed by atoms with Gasteiger partial charge in [0.1, 0.15) is 0 Å². The Kier molecular flexibility index (Phi) is 6.88. The SMILES string of the molecule is CCCNc1nc(NCC(C)COC)nc(OC)n1. The van der Waals surface area contributed by atoms with E-state index in [-0.39, 0.29) is 0 Å². The van der Waals surface area contributed by atoms with Crippen LogP contribution in [-0.4, -0.2) is 48.9 Å². The number of methoxy groups -OCH3 is 2. The van der Waals surface area contributed by atoms with Crippen molar-refractivity contribution in [2.75, 3.05) is 44.5 Å². The molecule has 0 fully saturated rings. The third-order valence-electron chi connectivity index (χ3n) is 2.39. The smallest absolute Gasteiger partial charge is 0.322 e. The number of hydrogen-bond acceptors (Lipinski definition) is 7. The van der Waals surface area contributed by atoms with E-state index in [4.69, 9.17) is 9.47 Å². The molecule has 0 amide bonds. The first-order chi connectivity index (χ1) is 9.19. The van der Waals surface area contributed by atoms with Gasteiger partial charge in [-0.2, -0.15) is 15.0 Å². The van der Waals surface area contributed by atoms with Crippen LogP contribution in [-0.2, 0) is 4.74 Å². The summed E-state index contributed by atoms with van der Waals surface area (Å²) in [7, 11) is 3.23. The second kappa shape index (κ2) is 8.47. The van der Waals surface area contributed by atoms with E-state index in [0.29, 0.717) is 30.4 Å². The fourth-order valence-electron chi connectivity index (χ4n) is 1.45. The molecule has 19 heavy (non-hydrogen) atoms. The minimum Gasteiger partial charge on any atom is -0.467 e. The lowest BCUT2D eigenvalue weighted by atomic mass is 10.2. The van der Waals surface area contributed by atoms with Crippen LogP contribution in [0.25, 0.3) is 0 Å². The van der Waals surface area contributed by atoms with Crippen molar-refractivity contribution in [3.8, 4) is 6.01 Å². The summed E-state index contributed by atoms with van der Waals surface area (Å²) in [6.07, 6.45) is 1.00. The first-order valence-electron chi connectivity index (χ1n) is 6.46. The predicted octanol–water partition coefficient (Wildman–Crippen LogP) is 1.40. The second-order valence-corrected chi connectivity index (χ2v) is 4.34. The first-order valence-corrected chi connectivity index (χ1v) is 6.46. The van der Waals surface area contributed by atoms with Crippen LogP contribution >= 0.6 is 0 Å². The van der Waals surface area contributed by atoms with Crippen LogP contribution in [0.5, 0.6) is 6.01 Å². The highest BCUT2D eigenvalue weighted by Crippen LogP contribution is 2.11. The summed E-state index contributed by atoms with van der Waals surface area (Å²) < 4.78 is 10.1. The highest BCUT2D eigenvalue weighted by atomic mass is 16.5. The minimum absolute atomic E-state index is 0.301. The Morgan fingerprint density at radius 3 is 2.37 bits per heavy atom. The zero-order chi connectivity index (χ0) is 14.1. The molecule has 0 aliphatic rings. The highest BCUT2D eigenvalue weighted by molar-refractivity contribution is 5.35. The standard InChI is InChI=1S/C12H23N5O2/c1-5-6-13-10-15-11(17-12(16-10)19-4)14-7-9(2)8-18-3/h9H,5-8H2,1-4H3,(H2,13,14,15,16,17). The van der Waals surface area contributed by atoms with Crippen molar-refractivity contribution in [2.45, 2.75) is 20.3 Å². The summed E-state index contributed by atoms with van der Waals surface area (Å²) in [5.74, 6) is 1.41. The number of hydrogen-bond donors (Lipinski definition) is 2. The van der Waals surface area contributed by atoms with Crippen molar-refractivity contribution in [3.63, 3.8) is 0 Å². The van der Waals surface area contributed by atoms with E-state index >= 15 is 0 Å². The molecule has 2 N–H and O–H groups in total. The monoisotopic (exact) mass is 269 g/mol. The lowest BCUT2D eigenvalue weighted by molar-refractivity contribution is 0.164. The average Bonchev–Trinajstić information content (AvgIpc) is 2.43. The summed E-state index contributed by atoms with van der Waals surface area (Å²) in [5.41, 5.74) is 0. The van der Waals surface area contributed by atoms with E-state index in [1.807, 2.05) is 0 Å². The summed E-state index contributed by atoms with van der Waals surface area (Å²) in [4.78, 5) is 12.6. The van der Waals surface area contributed by atoms with Gasteiger partial charge in [-0.25, -0.2) is 0 Å². The van der Waals surface area contributed by atoms with Gasteiger partial charge in [-0.3, -0.25) is 0 Å². The molecule has 1 unspecified atom stereocenters. The van der Waals surface area contributed by atoms with E-state index in [1.54, 1.807) is 7.11 Å². The molecule has 7 nitrogen and oxygen atoms in total. The van der Waals surface area contributed by atoms with Crippen LogP contribution in [0.3, 0.4) is 0 Å². The zero-order valence-corrected chi connectivity index (χ0v) is 12.1. The molecule has 1 aromatic heterocycles. The Morgan fingerprint density at radius 1 is 1.11 bits per heavy atom. The highest BCUT2D eigenvalue weighted by Gasteiger charge is 2.08. The van der Waals surface area contributed by atoms with Crippen LogP contribution in [0, 0.1) is 5.92 Å². The molecule has 108 valence electrons. The van der Waals surface area contributed by atoms with Crippen molar-refractivity contribution < 1.29 is 9.47 Å². The number of anilines is 2. The van der Waals surface area contributed by atoms with Crippen molar-refractivity contribution in [3.05, 3.63) is 0 Å². The number of nitrogens with one attached hydrogen (secondary N) is 2. The van der Waals surface area contributed by atoms with Gasteiger partial charge in [0, 0.05) is 20.2 Å². The van der Waals surface area contributed by atoms with Crippen LogP contribution in [0.2, 0.25) is 0 Å². The molecule has 0 saturated heterocycles. The van der Waals surface area contributed by atoms with Crippen LogP contribution in [0.1, 0.15) is 20.3 Å². The largest absolute Gasteiger partial charge is 0.467 e. The quantitative estimate of drug-likeness (QED) is 0.701. The van der Waals surface area contributed by atoms with Crippen LogP contribution < -0.4 is 15.4 Å². The van der Waals surface area contributed by atoms with E-state index in [0.717, 1.165) is 19.5 Å². The van der Waals surface area contributed by atoms with E-state index in [2.05, 4.69) is 39.4 Å². The molecule has 0 spiro atoms. The van der Waals surface area contributed by atoms with Gasteiger partial charge in [0.15, 0.2) is 0 Å². The van der Waals surface area contributed by atoms with Gasteiger partial charge >= 0.3 is 6.01 Å². The lowest BCUT2D eigenvalue weighted by Gasteiger charge is -2.12. The molecule has 1 heterocycles. The van der Waals surface area contributed by atoms with E-state index in [1.165, 1.54) is 7.11 Å². The summed E-state index contributed by atoms with van der Waals surface area (Å²) in [6.45, 7) is 6.40. The van der Waals surface area contributed by atoms with Gasteiger partial charge in [0.2, 0.25) is 11.9 Å². The molecule has 0 saturated carbocycles. The molecule has 0 bridgehead atoms. The normalized spacial score (nSPS) is 12.0. The Bertz CT molecular complexity index is 375. The summed E-state index contributed by atoms with van der Waals surface area (Å²) in [6, 6.07) is 0.301. The molecule has 7 heteroatoms. The Morgan fingerprint density at radius 2 is 1.79 bits per heavy atom. The number of nitrogens with zero attached hydrogens (tertiary/aromatic N) is 3. The van der Waals surface area contributed by atoms with Crippen molar-refractivity contribution >= 4 is 11.9 Å². The lowest BCUT2D eigenvalue weighted by Crippen LogP contribution is -2.18. The Labute approximate surface area is 114 Å². The third kappa shape index (κ3) is 5.69. The minimum atomic E-state index is 0.301. The predicted molar refractivity (Wildman–Crippen MR) is 74.7 cm³/mol. The topological polar surface area (TPSA) is 81.2 Å². The molecule has 0 radical (unpaired) electrons. The third-order valence-corrected chi connectivity index (χ3v) is 2.39. The Balaban J connectivity index is 2.65. The maximum Gasteiger partial charge on any atom is 0.322 e. The summed E-state index contributed by atoms with van der Waals surface area (Å²) >= 11 is 0. The molecular formula is C12H23N5O2. The van der Waals surface area contributed by atoms with Gasteiger partial charge in [-0.15, -0.1) is 0 Å². The van der Waals surface area contributed by atoms with Gasteiger partial charge in [-0.1, -0.05) is 13.8 Å². The first kappa shape index (κ1) is 15.4. The number of ether oxygens (including phenoxy) is 2. The zero-order valence-electron chi connectivity index (χ0n) is 12.1. The van der Waals surface area contributed by atoms with Crippen molar-refractivity contribution in [1.29, 1.82) is 0 Å². The molecule has 1 rings (SSSR count). The maximum atomic E-state index is 5.08. The molecule has 0 aliphatic carbocycles. The van der Waals surface area contributed by atoms with Gasteiger partial charge < -0.3 is 20.1 Å². The Hall–Kier alpha value is -1.63. The van der Waals surface area contributed by atoms with Crippen molar-refractivity contribution in [2.24, 2.45) is 5.92 Å². The molecular weight excluding hydrogens is 246 g/mol. The number of rotatable bonds is 9. The second-order valence-electron chi connectivity index (χ2n) is 4.34. The molecule has 1 atom stereocenters. The van der Waals surface area contributed by atoms with Gasteiger partial charge in [0.25, 0.3) is 0 Å².